The van der Waals surface area contributed by atoms with Crippen molar-refractivity contribution in [1.29, 1.82) is 0 Å². The summed E-state index contributed by atoms with van der Waals surface area (Å²) < 4.78 is 42.4. The fourth-order valence-electron chi connectivity index (χ4n) is 1.62. The highest BCUT2D eigenvalue weighted by atomic mass is 19.4. The second-order valence-corrected chi connectivity index (χ2v) is 4.21. The van der Waals surface area contributed by atoms with Crippen LogP contribution in [-0.4, -0.2) is 24.2 Å². The lowest BCUT2D eigenvalue weighted by molar-refractivity contribution is -0.137. The second kappa shape index (κ2) is 6.84. The Bertz CT molecular complexity index is 665. The number of hydrogen-bond donors (Lipinski definition) is 0. The first-order valence-corrected chi connectivity index (χ1v) is 6.23. The van der Waals surface area contributed by atoms with Gasteiger partial charge in [0.05, 0.1) is 18.9 Å². The number of ether oxygens (including phenoxy) is 1. The predicted molar refractivity (Wildman–Crippen MR) is 76.8 cm³/mol. The molecule has 0 unspecified atom stereocenters. The van der Waals surface area contributed by atoms with Crippen LogP contribution in [0.15, 0.2) is 59.0 Å². The fraction of sp³-hybridized carbons (Fsp3) is 0.133. The van der Waals surface area contributed by atoms with Crippen LogP contribution < -0.4 is 0 Å². The Morgan fingerprint density at radius 3 is 2.27 bits per heavy atom. The summed E-state index contributed by atoms with van der Waals surface area (Å²) in [4.78, 5) is 3.88. The molecule has 0 aliphatic rings. The van der Waals surface area contributed by atoms with Crippen LogP contribution in [0, 0.1) is 0 Å². The van der Waals surface area contributed by atoms with Gasteiger partial charge in [0, 0.05) is 18.0 Å². The summed E-state index contributed by atoms with van der Waals surface area (Å²) in [6.45, 7) is 0. The highest BCUT2D eigenvalue weighted by Crippen LogP contribution is 2.28. The summed E-state index contributed by atoms with van der Waals surface area (Å²) in [6.07, 6.45) is 0.172. The van der Waals surface area contributed by atoms with Gasteiger partial charge in [-0.05, 0) is 29.8 Å². The highest BCUT2D eigenvalue weighted by molar-refractivity contribution is 5.94. The number of alkyl halides is 3. The minimum Gasteiger partial charge on any atom is -0.479 e. The van der Waals surface area contributed by atoms with E-state index < -0.39 is 11.7 Å². The Balaban J connectivity index is 2.12. The average Bonchev–Trinajstić information content (AvgIpc) is 2.52. The Labute approximate surface area is 125 Å². The number of halogens is 3. The van der Waals surface area contributed by atoms with E-state index in [0.717, 1.165) is 12.1 Å². The van der Waals surface area contributed by atoms with Crippen LogP contribution in [-0.2, 0) is 10.9 Å². The van der Waals surface area contributed by atoms with E-state index >= 15 is 0 Å². The summed E-state index contributed by atoms with van der Waals surface area (Å²) in [5.41, 5.74) is 0.492. The van der Waals surface area contributed by atoms with Gasteiger partial charge in [0.2, 0.25) is 5.90 Å². The van der Waals surface area contributed by atoms with Gasteiger partial charge in [-0.15, -0.1) is 5.10 Å². The lowest BCUT2D eigenvalue weighted by atomic mass is 10.1. The molecule has 0 saturated heterocycles. The van der Waals surface area contributed by atoms with Gasteiger partial charge in [-0.1, -0.05) is 12.1 Å². The number of methoxy groups -OCH3 is 1. The van der Waals surface area contributed by atoms with Crippen LogP contribution in [0.4, 0.5) is 13.2 Å². The molecular formula is C15H12F3N3O. The molecule has 1 aromatic heterocycles. The largest absolute Gasteiger partial charge is 0.479 e. The summed E-state index contributed by atoms with van der Waals surface area (Å²) in [6, 6.07) is 8.03. The molecule has 2 rings (SSSR count). The van der Waals surface area contributed by atoms with E-state index in [1.807, 2.05) is 0 Å². The molecule has 0 atom stereocenters. The highest BCUT2D eigenvalue weighted by Gasteiger charge is 2.29. The molecule has 0 amide bonds. The lowest BCUT2D eigenvalue weighted by Crippen LogP contribution is -2.04. The standard InChI is InChI=1S/C15H12F3N3O/c1-22-14(12-6-8-19-9-7-12)21-20-10-11-2-4-13(5-3-11)15(16,17)18/h2-10H,1H3/b20-10+,21-14-. The first-order valence-electron chi connectivity index (χ1n) is 6.23. The summed E-state index contributed by atoms with van der Waals surface area (Å²) in [5, 5.41) is 7.71. The van der Waals surface area contributed by atoms with Crippen LogP contribution >= 0.6 is 0 Å². The number of rotatable bonds is 3. The van der Waals surface area contributed by atoms with Crippen molar-refractivity contribution in [2.24, 2.45) is 10.2 Å². The maximum absolute atomic E-state index is 12.4. The van der Waals surface area contributed by atoms with E-state index in [4.69, 9.17) is 4.74 Å². The van der Waals surface area contributed by atoms with Gasteiger partial charge < -0.3 is 4.74 Å². The Hall–Kier alpha value is -2.70. The molecule has 1 heterocycles. The van der Waals surface area contributed by atoms with Crippen molar-refractivity contribution in [2.75, 3.05) is 7.11 Å². The minimum absolute atomic E-state index is 0.283. The number of hydrogen-bond acceptors (Lipinski definition) is 4. The van der Waals surface area contributed by atoms with Crippen molar-refractivity contribution in [3.05, 3.63) is 65.5 Å². The van der Waals surface area contributed by atoms with Gasteiger partial charge in [-0.3, -0.25) is 4.98 Å². The van der Waals surface area contributed by atoms with Crippen LogP contribution in [0.25, 0.3) is 0 Å². The Morgan fingerprint density at radius 1 is 1.09 bits per heavy atom. The molecule has 0 fully saturated rings. The van der Waals surface area contributed by atoms with Crippen molar-refractivity contribution in [3.8, 4) is 0 Å². The molecule has 0 radical (unpaired) electrons. The Kier molecular flexibility index (Phi) is 4.88. The molecule has 0 aliphatic carbocycles. The van der Waals surface area contributed by atoms with Gasteiger partial charge in [0.15, 0.2) is 0 Å². The maximum Gasteiger partial charge on any atom is 0.416 e. The van der Waals surface area contributed by atoms with Crippen LogP contribution in [0.3, 0.4) is 0 Å². The molecule has 1 aromatic carbocycles. The monoisotopic (exact) mass is 307 g/mol. The van der Waals surface area contributed by atoms with Gasteiger partial charge in [0.25, 0.3) is 0 Å². The van der Waals surface area contributed by atoms with E-state index in [1.54, 1.807) is 24.5 Å². The zero-order valence-electron chi connectivity index (χ0n) is 11.6. The van der Waals surface area contributed by atoms with Gasteiger partial charge in [-0.2, -0.15) is 18.3 Å². The predicted octanol–water partition coefficient (Wildman–Crippen LogP) is 3.53. The quantitative estimate of drug-likeness (QED) is 0.495. The van der Waals surface area contributed by atoms with Crippen molar-refractivity contribution in [3.63, 3.8) is 0 Å². The molecule has 7 heteroatoms. The number of nitrogens with zero attached hydrogens (tertiary/aromatic N) is 3. The van der Waals surface area contributed by atoms with E-state index in [-0.39, 0.29) is 5.90 Å². The summed E-state index contributed by atoms with van der Waals surface area (Å²) in [5.74, 6) is 0.283. The maximum atomic E-state index is 12.4. The minimum atomic E-state index is -4.35. The zero-order chi connectivity index (χ0) is 16.0. The molecule has 0 N–H and O–H groups in total. The van der Waals surface area contributed by atoms with Crippen molar-refractivity contribution >= 4 is 12.1 Å². The Morgan fingerprint density at radius 2 is 1.73 bits per heavy atom. The number of pyridine rings is 1. The third-order valence-corrected chi connectivity index (χ3v) is 2.71. The SMILES string of the molecule is CO/C(=N\N=C\c1ccc(C(F)(F)F)cc1)c1ccncc1. The number of aromatic nitrogens is 1. The smallest absolute Gasteiger partial charge is 0.416 e. The van der Waals surface area contributed by atoms with Crippen LogP contribution in [0.1, 0.15) is 16.7 Å². The summed E-state index contributed by atoms with van der Waals surface area (Å²) >= 11 is 0. The second-order valence-electron chi connectivity index (χ2n) is 4.21. The van der Waals surface area contributed by atoms with E-state index in [2.05, 4.69) is 15.2 Å². The lowest BCUT2D eigenvalue weighted by Gasteiger charge is -2.05. The molecule has 0 bridgehead atoms. The van der Waals surface area contributed by atoms with E-state index in [0.29, 0.717) is 11.1 Å². The molecule has 114 valence electrons. The number of benzene rings is 1. The average molecular weight is 307 g/mol. The first kappa shape index (κ1) is 15.7. The molecule has 0 saturated carbocycles. The normalized spacial score (nSPS) is 12.6. The van der Waals surface area contributed by atoms with Gasteiger partial charge in [0.1, 0.15) is 0 Å². The van der Waals surface area contributed by atoms with Crippen molar-refractivity contribution in [2.45, 2.75) is 6.18 Å². The van der Waals surface area contributed by atoms with Gasteiger partial charge in [-0.25, -0.2) is 0 Å². The molecule has 4 nitrogen and oxygen atoms in total. The molecule has 2 aromatic rings. The van der Waals surface area contributed by atoms with Crippen LogP contribution in [0.5, 0.6) is 0 Å². The molecule has 22 heavy (non-hydrogen) atoms. The topological polar surface area (TPSA) is 46.8 Å². The fourth-order valence-corrected chi connectivity index (χ4v) is 1.62. The van der Waals surface area contributed by atoms with E-state index in [1.165, 1.54) is 25.5 Å². The summed E-state index contributed by atoms with van der Waals surface area (Å²) in [7, 11) is 1.45. The molecule has 0 aliphatic heterocycles. The van der Waals surface area contributed by atoms with Crippen molar-refractivity contribution in [1.82, 2.24) is 4.98 Å². The van der Waals surface area contributed by atoms with Crippen LogP contribution in [0.2, 0.25) is 0 Å². The zero-order valence-corrected chi connectivity index (χ0v) is 11.6. The van der Waals surface area contributed by atoms with Gasteiger partial charge >= 0.3 is 6.18 Å². The van der Waals surface area contributed by atoms with E-state index in [9.17, 15) is 13.2 Å². The third-order valence-electron chi connectivity index (χ3n) is 2.71. The molecular weight excluding hydrogens is 295 g/mol. The third kappa shape index (κ3) is 4.15. The molecule has 0 spiro atoms. The first-order chi connectivity index (χ1) is 10.5. The van der Waals surface area contributed by atoms with Crippen molar-refractivity contribution < 1.29 is 17.9 Å².